The van der Waals surface area contributed by atoms with Crippen molar-refractivity contribution in [2.45, 2.75) is 13.8 Å². The first-order chi connectivity index (χ1) is 9.88. The minimum atomic E-state index is -0.947. The van der Waals surface area contributed by atoms with Crippen molar-refractivity contribution in [3.8, 4) is 17.0 Å². The van der Waals surface area contributed by atoms with Crippen molar-refractivity contribution in [1.82, 2.24) is 4.98 Å². The number of carboxylic acids is 1. The highest BCUT2D eigenvalue weighted by Crippen LogP contribution is 2.22. The van der Waals surface area contributed by atoms with Gasteiger partial charge in [-0.05, 0) is 37.6 Å². The standard InChI is InChI=1S/C16H18N2O3/c1-16(2,15(19)20)10-21-14-8-5-12(9-18-14)11-3-6-13(17)7-4-11/h3-9H,10,17H2,1-2H3,(H,19,20). The molecule has 0 spiro atoms. The molecule has 0 aliphatic heterocycles. The van der Waals surface area contributed by atoms with Crippen LogP contribution in [0.5, 0.6) is 5.88 Å². The Hall–Kier alpha value is -2.56. The SMILES string of the molecule is CC(C)(COc1ccc(-c2ccc(N)cc2)cn1)C(=O)O. The minimum Gasteiger partial charge on any atom is -0.481 e. The molecule has 0 amide bonds. The van der Waals surface area contributed by atoms with Crippen LogP contribution in [0.4, 0.5) is 5.69 Å². The largest absolute Gasteiger partial charge is 0.481 e. The Kier molecular flexibility index (Phi) is 4.12. The van der Waals surface area contributed by atoms with Crippen molar-refractivity contribution in [2.75, 3.05) is 12.3 Å². The molecule has 5 heteroatoms. The molecule has 1 heterocycles. The van der Waals surface area contributed by atoms with Crippen molar-refractivity contribution in [3.05, 3.63) is 42.6 Å². The van der Waals surface area contributed by atoms with Gasteiger partial charge in [0.2, 0.25) is 5.88 Å². The third-order valence-electron chi connectivity index (χ3n) is 3.14. The second-order valence-corrected chi connectivity index (χ2v) is 5.48. The van der Waals surface area contributed by atoms with Gasteiger partial charge < -0.3 is 15.6 Å². The van der Waals surface area contributed by atoms with Crippen LogP contribution in [0.15, 0.2) is 42.6 Å². The van der Waals surface area contributed by atoms with Crippen LogP contribution < -0.4 is 10.5 Å². The second kappa shape index (κ2) is 5.83. The topological polar surface area (TPSA) is 85.4 Å². The molecule has 2 rings (SSSR count). The van der Waals surface area contributed by atoms with Gasteiger partial charge >= 0.3 is 5.97 Å². The van der Waals surface area contributed by atoms with Crippen LogP contribution in [0.3, 0.4) is 0 Å². The Bertz CT molecular complexity index is 619. The number of carbonyl (C=O) groups is 1. The molecular formula is C16H18N2O3. The molecule has 0 bridgehead atoms. The zero-order chi connectivity index (χ0) is 15.5. The number of carboxylic acid groups (broad SMARTS) is 1. The van der Waals surface area contributed by atoms with E-state index in [1.54, 1.807) is 26.1 Å². The Labute approximate surface area is 123 Å². The Morgan fingerprint density at radius 2 is 1.81 bits per heavy atom. The number of pyridine rings is 1. The predicted molar refractivity (Wildman–Crippen MR) is 81.0 cm³/mol. The maximum Gasteiger partial charge on any atom is 0.312 e. The number of anilines is 1. The zero-order valence-electron chi connectivity index (χ0n) is 12.0. The predicted octanol–water partition coefficient (Wildman–Crippen LogP) is 2.82. The molecule has 5 nitrogen and oxygen atoms in total. The van der Waals surface area contributed by atoms with E-state index in [2.05, 4.69) is 4.98 Å². The van der Waals surface area contributed by atoms with Gasteiger partial charge in [-0.2, -0.15) is 0 Å². The molecule has 3 N–H and O–H groups in total. The summed E-state index contributed by atoms with van der Waals surface area (Å²) >= 11 is 0. The molecule has 0 unspecified atom stereocenters. The lowest BCUT2D eigenvalue weighted by atomic mass is 9.95. The Balaban J connectivity index is 2.06. The fourth-order valence-electron chi connectivity index (χ4n) is 1.63. The number of nitrogens with two attached hydrogens (primary N) is 1. The van der Waals surface area contributed by atoms with Crippen molar-refractivity contribution in [1.29, 1.82) is 0 Å². The third-order valence-corrected chi connectivity index (χ3v) is 3.14. The summed E-state index contributed by atoms with van der Waals surface area (Å²) in [6, 6.07) is 11.1. The summed E-state index contributed by atoms with van der Waals surface area (Å²) in [4.78, 5) is 15.2. The number of benzene rings is 1. The van der Waals surface area contributed by atoms with Gasteiger partial charge in [-0.1, -0.05) is 12.1 Å². The van der Waals surface area contributed by atoms with Gasteiger partial charge in [-0.3, -0.25) is 4.79 Å². The van der Waals surface area contributed by atoms with Gasteiger partial charge in [0.1, 0.15) is 6.61 Å². The Morgan fingerprint density at radius 1 is 1.19 bits per heavy atom. The summed E-state index contributed by atoms with van der Waals surface area (Å²) in [7, 11) is 0. The van der Waals surface area contributed by atoms with E-state index in [0.717, 1.165) is 11.1 Å². The van der Waals surface area contributed by atoms with E-state index in [9.17, 15) is 4.79 Å². The van der Waals surface area contributed by atoms with E-state index in [1.807, 2.05) is 30.3 Å². The van der Waals surface area contributed by atoms with Crippen molar-refractivity contribution >= 4 is 11.7 Å². The quantitative estimate of drug-likeness (QED) is 0.825. The highest BCUT2D eigenvalue weighted by molar-refractivity contribution is 5.73. The molecule has 0 fully saturated rings. The maximum absolute atomic E-state index is 11.0. The third kappa shape index (κ3) is 3.72. The molecule has 1 aromatic heterocycles. The number of ether oxygens (including phenoxy) is 1. The normalized spacial score (nSPS) is 11.1. The summed E-state index contributed by atoms with van der Waals surface area (Å²) in [5, 5.41) is 9.02. The van der Waals surface area contributed by atoms with E-state index < -0.39 is 11.4 Å². The lowest BCUT2D eigenvalue weighted by Crippen LogP contribution is -2.30. The molecule has 110 valence electrons. The minimum absolute atomic E-state index is 0.0660. The first-order valence-electron chi connectivity index (χ1n) is 6.57. The molecule has 0 aliphatic carbocycles. The monoisotopic (exact) mass is 286 g/mol. The van der Waals surface area contributed by atoms with Crippen molar-refractivity contribution in [3.63, 3.8) is 0 Å². The fraction of sp³-hybridized carbons (Fsp3) is 0.250. The molecule has 0 radical (unpaired) electrons. The van der Waals surface area contributed by atoms with Crippen LogP contribution in [0.1, 0.15) is 13.8 Å². The van der Waals surface area contributed by atoms with Crippen LogP contribution in [0.2, 0.25) is 0 Å². The number of nitrogens with zero attached hydrogens (tertiary/aromatic N) is 1. The van der Waals surface area contributed by atoms with Crippen LogP contribution in [-0.4, -0.2) is 22.7 Å². The smallest absolute Gasteiger partial charge is 0.312 e. The lowest BCUT2D eigenvalue weighted by Gasteiger charge is -2.18. The van der Waals surface area contributed by atoms with Crippen LogP contribution in [0, 0.1) is 5.41 Å². The second-order valence-electron chi connectivity index (χ2n) is 5.48. The van der Waals surface area contributed by atoms with Gasteiger partial charge in [0.05, 0.1) is 5.41 Å². The molecule has 0 atom stereocenters. The number of nitrogen functional groups attached to an aromatic ring is 1. The molecular weight excluding hydrogens is 268 g/mol. The van der Waals surface area contributed by atoms with Gasteiger partial charge in [-0.15, -0.1) is 0 Å². The van der Waals surface area contributed by atoms with E-state index in [-0.39, 0.29) is 6.61 Å². The molecule has 0 aliphatic rings. The van der Waals surface area contributed by atoms with E-state index >= 15 is 0 Å². The number of hydrogen-bond donors (Lipinski definition) is 2. The highest BCUT2D eigenvalue weighted by Gasteiger charge is 2.28. The van der Waals surface area contributed by atoms with Crippen LogP contribution >= 0.6 is 0 Å². The molecule has 0 saturated carbocycles. The Morgan fingerprint density at radius 3 is 2.33 bits per heavy atom. The fourth-order valence-corrected chi connectivity index (χ4v) is 1.63. The number of rotatable bonds is 5. The summed E-state index contributed by atoms with van der Waals surface area (Å²) in [6.45, 7) is 3.28. The molecule has 21 heavy (non-hydrogen) atoms. The molecule has 2 aromatic rings. The van der Waals surface area contributed by atoms with Crippen LogP contribution in [-0.2, 0) is 4.79 Å². The van der Waals surface area contributed by atoms with E-state index in [1.165, 1.54) is 0 Å². The van der Waals surface area contributed by atoms with Crippen molar-refractivity contribution in [2.24, 2.45) is 5.41 Å². The summed E-state index contributed by atoms with van der Waals surface area (Å²) < 4.78 is 5.43. The van der Waals surface area contributed by atoms with Gasteiger partial charge in [0.15, 0.2) is 0 Å². The van der Waals surface area contributed by atoms with Gasteiger partial charge in [-0.25, -0.2) is 4.98 Å². The van der Waals surface area contributed by atoms with Gasteiger partial charge in [0.25, 0.3) is 0 Å². The van der Waals surface area contributed by atoms with Crippen molar-refractivity contribution < 1.29 is 14.6 Å². The molecule has 0 saturated heterocycles. The number of aromatic nitrogens is 1. The summed E-state index contributed by atoms with van der Waals surface area (Å²) in [5.41, 5.74) is 7.37. The summed E-state index contributed by atoms with van der Waals surface area (Å²) in [6.07, 6.45) is 1.69. The average Bonchev–Trinajstić information content (AvgIpc) is 2.46. The maximum atomic E-state index is 11.0. The first-order valence-corrected chi connectivity index (χ1v) is 6.57. The molecule has 1 aromatic carbocycles. The van der Waals surface area contributed by atoms with Gasteiger partial charge in [0, 0.05) is 23.5 Å². The summed E-state index contributed by atoms with van der Waals surface area (Å²) in [5.74, 6) is -0.496. The number of hydrogen-bond acceptors (Lipinski definition) is 4. The number of aliphatic carboxylic acids is 1. The first kappa shape index (κ1) is 14.8. The zero-order valence-corrected chi connectivity index (χ0v) is 12.0. The average molecular weight is 286 g/mol. The highest BCUT2D eigenvalue weighted by atomic mass is 16.5. The lowest BCUT2D eigenvalue weighted by molar-refractivity contribution is -0.148. The van der Waals surface area contributed by atoms with Crippen LogP contribution in [0.25, 0.3) is 11.1 Å². The van der Waals surface area contributed by atoms with E-state index in [0.29, 0.717) is 11.6 Å². The van der Waals surface area contributed by atoms with E-state index in [4.69, 9.17) is 15.6 Å².